The molecule has 1 amide bonds. The third-order valence-corrected chi connectivity index (χ3v) is 5.66. The predicted molar refractivity (Wildman–Crippen MR) is 106 cm³/mol. The van der Waals surface area contributed by atoms with Gasteiger partial charge in [-0.2, -0.15) is 0 Å². The van der Waals surface area contributed by atoms with Crippen molar-refractivity contribution < 1.29 is 4.79 Å². The number of hydrogen-bond donors (Lipinski definition) is 1. The third-order valence-electron chi connectivity index (χ3n) is 4.73. The van der Waals surface area contributed by atoms with E-state index >= 15 is 0 Å². The van der Waals surface area contributed by atoms with E-state index in [1.165, 1.54) is 11.3 Å². The average Bonchev–Trinajstić information content (AvgIpc) is 3.27. The van der Waals surface area contributed by atoms with Crippen molar-refractivity contribution in [1.29, 1.82) is 0 Å². The minimum Gasteiger partial charge on any atom is -0.296 e. The number of benzene rings is 2. The Kier molecular flexibility index (Phi) is 3.75. The van der Waals surface area contributed by atoms with Crippen molar-refractivity contribution in [2.75, 3.05) is 5.32 Å². The first kappa shape index (κ1) is 16.1. The van der Waals surface area contributed by atoms with Crippen LogP contribution in [0, 0.1) is 6.92 Å². The SMILES string of the molecule is Cc1cccc2sc(NC(=O)c3nnn(-c4ccccc4)c3C3CC3)nc12. The van der Waals surface area contributed by atoms with Crippen molar-refractivity contribution in [3.63, 3.8) is 0 Å². The Labute approximate surface area is 159 Å². The fraction of sp³-hybridized carbons (Fsp3) is 0.200. The molecule has 134 valence electrons. The van der Waals surface area contributed by atoms with Crippen LogP contribution in [0.25, 0.3) is 15.9 Å². The van der Waals surface area contributed by atoms with Crippen LogP contribution in [0.5, 0.6) is 0 Å². The number of hydrogen-bond acceptors (Lipinski definition) is 5. The van der Waals surface area contributed by atoms with Gasteiger partial charge in [0.15, 0.2) is 10.8 Å². The van der Waals surface area contributed by atoms with E-state index in [0.717, 1.165) is 40.0 Å². The lowest BCUT2D eigenvalue weighted by Crippen LogP contribution is -2.15. The number of carbonyl (C=O) groups excluding carboxylic acids is 1. The summed E-state index contributed by atoms with van der Waals surface area (Å²) < 4.78 is 2.84. The lowest BCUT2D eigenvalue weighted by Gasteiger charge is -2.06. The van der Waals surface area contributed by atoms with Crippen LogP contribution in [0.1, 0.15) is 40.5 Å². The fourth-order valence-electron chi connectivity index (χ4n) is 3.23. The highest BCUT2D eigenvalue weighted by molar-refractivity contribution is 7.22. The standard InChI is InChI=1S/C20H17N5OS/c1-12-6-5-9-15-16(12)21-20(27-15)22-19(26)17-18(13-10-11-13)25(24-23-17)14-7-3-2-4-8-14/h2-9,13H,10-11H2,1H3,(H,21,22,26). The van der Waals surface area contributed by atoms with Crippen LogP contribution < -0.4 is 5.32 Å². The van der Waals surface area contributed by atoms with Crippen molar-refractivity contribution in [2.45, 2.75) is 25.7 Å². The molecule has 0 radical (unpaired) electrons. The molecular formula is C20H17N5OS. The number of rotatable bonds is 4. The molecule has 2 aromatic carbocycles. The summed E-state index contributed by atoms with van der Waals surface area (Å²) in [6, 6.07) is 15.8. The van der Waals surface area contributed by atoms with Crippen LogP contribution in [0.2, 0.25) is 0 Å². The highest BCUT2D eigenvalue weighted by atomic mass is 32.1. The van der Waals surface area contributed by atoms with Crippen molar-refractivity contribution in [3.8, 4) is 5.69 Å². The summed E-state index contributed by atoms with van der Waals surface area (Å²) in [5.41, 5.74) is 4.21. The van der Waals surface area contributed by atoms with E-state index in [4.69, 9.17) is 0 Å². The first-order valence-corrected chi connectivity index (χ1v) is 9.71. The molecule has 0 spiro atoms. The largest absolute Gasteiger partial charge is 0.296 e. The maximum absolute atomic E-state index is 12.9. The number of aryl methyl sites for hydroxylation is 1. The molecule has 1 aliphatic carbocycles. The quantitative estimate of drug-likeness (QED) is 0.577. The Morgan fingerprint density at radius 1 is 1.15 bits per heavy atom. The summed E-state index contributed by atoms with van der Waals surface area (Å²) in [7, 11) is 0. The second kappa shape index (κ2) is 6.28. The molecule has 2 heterocycles. The molecule has 0 bridgehead atoms. The monoisotopic (exact) mass is 375 g/mol. The van der Waals surface area contributed by atoms with Gasteiger partial charge in [0.25, 0.3) is 5.91 Å². The zero-order chi connectivity index (χ0) is 18.4. The Balaban J connectivity index is 1.49. The van der Waals surface area contributed by atoms with Crippen LogP contribution in [-0.2, 0) is 0 Å². The van der Waals surface area contributed by atoms with Gasteiger partial charge in [0.1, 0.15) is 0 Å². The van der Waals surface area contributed by atoms with Crippen molar-refractivity contribution in [2.24, 2.45) is 0 Å². The van der Waals surface area contributed by atoms with E-state index in [2.05, 4.69) is 20.6 Å². The molecule has 0 unspecified atom stereocenters. The topological polar surface area (TPSA) is 72.7 Å². The molecule has 6 nitrogen and oxygen atoms in total. The average molecular weight is 375 g/mol. The number of nitrogens with one attached hydrogen (secondary N) is 1. The van der Waals surface area contributed by atoms with Gasteiger partial charge in [-0.1, -0.05) is 46.9 Å². The predicted octanol–water partition coefficient (Wildman–Crippen LogP) is 4.32. The van der Waals surface area contributed by atoms with E-state index < -0.39 is 0 Å². The molecule has 27 heavy (non-hydrogen) atoms. The number of anilines is 1. The third kappa shape index (κ3) is 2.90. The summed E-state index contributed by atoms with van der Waals surface area (Å²) in [4.78, 5) is 17.5. The van der Waals surface area contributed by atoms with E-state index in [9.17, 15) is 4.79 Å². The van der Waals surface area contributed by atoms with Crippen molar-refractivity contribution >= 4 is 32.6 Å². The molecule has 5 rings (SSSR count). The summed E-state index contributed by atoms with van der Waals surface area (Å²) in [5, 5.41) is 12.0. The van der Waals surface area contributed by atoms with Gasteiger partial charge in [-0.05, 0) is 43.5 Å². The van der Waals surface area contributed by atoms with Gasteiger partial charge in [0.05, 0.1) is 21.6 Å². The zero-order valence-electron chi connectivity index (χ0n) is 14.7. The first-order valence-electron chi connectivity index (χ1n) is 8.89. The number of fused-ring (bicyclic) bond motifs is 1. The summed E-state index contributed by atoms with van der Waals surface area (Å²) in [5.74, 6) is 0.0781. The molecule has 1 fully saturated rings. The summed E-state index contributed by atoms with van der Waals surface area (Å²) in [6.45, 7) is 2.02. The van der Waals surface area contributed by atoms with Gasteiger partial charge in [-0.15, -0.1) is 5.10 Å². The fourth-order valence-corrected chi connectivity index (χ4v) is 4.17. The van der Waals surface area contributed by atoms with Crippen molar-refractivity contribution in [3.05, 3.63) is 65.5 Å². The first-order chi connectivity index (χ1) is 13.2. The highest BCUT2D eigenvalue weighted by Crippen LogP contribution is 2.42. The van der Waals surface area contributed by atoms with Gasteiger partial charge in [0.2, 0.25) is 0 Å². The minimum absolute atomic E-state index is 0.254. The Morgan fingerprint density at radius 3 is 2.70 bits per heavy atom. The molecular weight excluding hydrogens is 358 g/mol. The van der Waals surface area contributed by atoms with Gasteiger partial charge < -0.3 is 0 Å². The Morgan fingerprint density at radius 2 is 1.96 bits per heavy atom. The lowest BCUT2D eigenvalue weighted by atomic mass is 10.2. The summed E-state index contributed by atoms with van der Waals surface area (Å²) in [6.07, 6.45) is 2.11. The number of thiazole rings is 1. The van der Waals surface area contributed by atoms with Crippen LogP contribution in [0.15, 0.2) is 48.5 Å². The molecule has 0 aliphatic heterocycles. The van der Waals surface area contributed by atoms with Gasteiger partial charge in [-0.25, -0.2) is 9.67 Å². The van der Waals surface area contributed by atoms with Crippen LogP contribution in [0.4, 0.5) is 5.13 Å². The Bertz CT molecular complexity index is 1140. The number of amides is 1. The summed E-state index contributed by atoms with van der Waals surface area (Å²) >= 11 is 1.47. The molecule has 2 aromatic heterocycles. The van der Waals surface area contributed by atoms with E-state index in [1.54, 1.807) is 4.68 Å². The molecule has 0 atom stereocenters. The highest BCUT2D eigenvalue weighted by Gasteiger charge is 2.34. The number of aromatic nitrogens is 4. The molecule has 0 saturated heterocycles. The Hall–Kier alpha value is -3.06. The van der Waals surface area contributed by atoms with Crippen molar-refractivity contribution in [1.82, 2.24) is 20.0 Å². The molecule has 4 aromatic rings. The van der Waals surface area contributed by atoms with E-state index in [-0.39, 0.29) is 5.91 Å². The van der Waals surface area contributed by atoms with Crippen LogP contribution >= 0.6 is 11.3 Å². The number of para-hydroxylation sites is 2. The maximum Gasteiger partial charge on any atom is 0.279 e. The lowest BCUT2D eigenvalue weighted by molar-refractivity contribution is 0.102. The zero-order valence-corrected chi connectivity index (χ0v) is 15.5. The second-order valence-corrected chi connectivity index (χ2v) is 7.77. The van der Waals surface area contributed by atoms with Crippen LogP contribution in [-0.4, -0.2) is 25.9 Å². The molecule has 1 saturated carbocycles. The number of nitrogens with zero attached hydrogens (tertiary/aromatic N) is 4. The van der Waals surface area contributed by atoms with Gasteiger partial charge in [0, 0.05) is 5.92 Å². The number of carbonyl (C=O) groups is 1. The van der Waals surface area contributed by atoms with Crippen LogP contribution in [0.3, 0.4) is 0 Å². The second-order valence-electron chi connectivity index (χ2n) is 6.74. The molecule has 1 N–H and O–H groups in total. The maximum atomic E-state index is 12.9. The van der Waals surface area contributed by atoms with Gasteiger partial charge in [-0.3, -0.25) is 10.1 Å². The molecule has 1 aliphatic rings. The molecule has 7 heteroatoms. The van der Waals surface area contributed by atoms with E-state index in [0.29, 0.717) is 16.7 Å². The van der Waals surface area contributed by atoms with Gasteiger partial charge >= 0.3 is 0 Å². The smallest absolute Gasteiger partial charge is 0.279 e. The van der Waals surface area contributed by atoms with E-state index in [1.807, 2.05) is 55.5 Å². The minimum atomic E-state index is -0.254. The normalized spacial score (nSPS) is 13.8.